The fraction of sp³-hybridized carbons (Fsp3) is 0.538. The molecule has 3 N–H and O–H groups in total. The van der Waals surface area contributed by atoms with Crippen molar-refractivity contribution in [3.63, 3.8) is 0 Å². The molecule has 3 heterocycles. The minimum atomic E-state index is -1.48. The molecule has 2 fully saturated rings. The van der Waals surface area contributed by atoms with Crippen molar-refractivity contribution in [2.24, 2.45) is 5.41 Å². The lowest BCUT2D eigenvalue weighted by Gasteiger charge is -2.40. The van der Waals surface area contributed by atoms with Crippen molar-refractivity contribution in [3.05, 3.63) is 46.6 Å². The highest BCUT2D eigenvalue weighted by Crippen LogP contribution is 2.47. The molecule has 0 aliphatic carbocycles. The van der Waals surface area contributed by atoms with Crippen LogP contribution in [0.3, 0.4) is 0 Å². The molecule has 0 saturated carbocycles. The number of carbonyl (C=O) groups excluding carboxylic acids is 1. The Morgan fingerprint density at radius 1 is 1.25 bits per heavy atom. The van der Waals surface area contributed by atoms with E-state index in [1.165, 1.54) is 4.90 Å². The number of nitrogens with zero attached hydrogens (tertiary/aromatic N) is 3. The van der Waals surface area contributed by atoms with Gasteiger partial charge in [-0.2, -0.15) is 0 Å². The minimum Gasteiger partial charge on any atom is -0.493 e. The molecule has 36 heavy (non-hydrogen) atoms. The molecule has 2 saturated heterocycles. The Morgan fingerprint density at radius 2 is 1.97 bits per heavy atom. The predicted octanol–water partition coefficient (Wildman–Crippen LogP) is 1.99. The van der Waals surface area contributed by atoms with Crippen LogP contribution in [0.4, 0.5) is 5.82 Å². The predicted molar refractivity (Wildman–Crippen MR) is 136 cm³/mol. The van der Waals surface area contributed by atoms with Crippen LogP contribution >= 0.6 is 11.6 Å². The lowest BCUT2D eigenvalue weighted by Crippen LogP contribution is -2.54. The van der Waals surface area contributed by atoms with Gasteiger partial charge in [0, 0.05) is 35.6 Å². The number of amides is 1. The van der Waals surface area contributed by atoms with Crippen LogP contribution in [0.15, 0.2) is 30.5 Å². The van der Waals surface area contributed by atoms with Crippen LogP contribution in [-0.4, -0.2) is 89.3 Å². The summed E-state index contributed by atoms with van der Waals surface area (Å²) >= 11 is 6.24. The third kappa shape index (κ3) is 4.98. The van der Waals surface area contributed by atoms with Gasteiger partial charge in [0.15, 0.2) is 17.6 Å². The molecule has 2 aliphatic rings. The summed E-state index contributed by atoms with van der Waals surface area (Å²) < 4.78 is 11.8. The highest BCUT2D eigenvalue weighted by molar-refractivity contribution is 6.31. The number of carbonyl (C=O) groups is 1. The number of benzene rings is 1. The molecular formula is C26H34ClN3O6. The Balaban J connectivity index is 1.52. The van der Waals surface area contributed by atoms with Crippen LogP contribution in [0.2, 0.25) is 5.02 Å². The molecular weight excluding hydrogens is 486 g/mol. The van der Waals surface area contributed by atoms with Crippen LogP contribution < -0.4 is 14.4 Å². The highest BCUT2D eigenvalue weighted by Gasteiger charge is 2.49. The summed E-state index contributed by atoms with van der Waals surface area (Å²) in [4.78, 5) is 20.6. The van der Waals surface area contributed by atoms with Crippen LogP contribution in [-0.2, 0) is 4.79 Å². The van der Waals surface area contributed by atoms with Crippen molar-refractivity contribution in [2.45, 2.75) is 45.0 Å². The SMILES string of the molecule is COc1ccc([C@@H]2CN(C(=O)C(O)CO)C[C@@]2(C)C(C)O)cc1OC1CN(c2cc(Cl)c(C)cn2)C1. The van der Waals surface area contributed by atoms with Gasteiger partial charge in [-0.25, -0.2) is 4.98 Å². The van der Waals surface area contributed by atoms with Gasteiger partial charge in [0.05, 0.1) is 32.9 Å². The first-order valence-electron chi connectivity index (χ1n) is 12.0. The monoisotopic (exact) mass is 519 g/mol. The number of likely N-dealkylation sites (tertiary alicyclic amines) is 1. The number of halogens is 1. The summed E-state index contributed by atoms with van der Waals surface area (Å²) in [6, 6.07) is 7.51. The summed E-state index contributed by atoms with van der Waals surface area (Å²) in [6.45, 7) is 6.77. The van der Waals surface area contributed by atoms with Gasteiger partial charge in [0.25, 0.3) is 5.91 Å². The second-order valence-corrected chi connectivity index (χ2v) is 10.4. The number of anilines is 1. The average Bonchev–Trinajstić information content (AvgIpc) is 3.20. The van der Waals surface area contributed by atoms with E-state index in [9.17, 15) is 20.1 Å². The maximum Gasteiger partial charge on any atom is 0.253 e. The first-order chi connectivity index (χ1) is 17.1. The van der Waals surface area contributed by atoms with Gasteiger partial charge in [-0.1, -0.05) is 24.6 Å². The normalized spacial score (nSPS) is 23.8. The first kappa shape index (κ1) is 26.5. The van der Waals surface area contributed by atoms with E-state index >= 15 is 0 Å². The zero-order valence-corrected chi connectivity index (χ0v) is 21.8. The molecule has 2 aliphatic heterocycles. The van der Waals surface area contributed by atoms with E-state index in [1.54, 1.807) is 20.2 Å². The van der Waals surface area contributed by atoms with E-state index < -0.39 is 30.1 Å². The van der Waals surface area contributed by atoms with E-state index in [4.69, 9.17) is 21.1 Å². The Kier molecular flexibility index (Phi) is 7.66. The number of hydrogen-bond acceptors (Lipinski definition) is 8. The molecule has 1 amide bonds. The zero-order valence-electron chi connectivity index (χ0n) is 21.0. The summed E-state index contributed by atoms with van der Waals surface area (Å²) in [5.41, 5.74) is 1.17. The number of hydrogen-bond donors (Lipinski definition) is 3. The molecule has 0 spiro atoms. The molecule has 4 atom stereocenters. The van der Waals surface area contributed by atoms with Crippen molar-refractivity contribution in [3.8, 4) is 11.5 Å². The lowest BCUT2D eigenvalue weighted by atomic mass is 9.72. The van der Waals surface area contributed by atoms with Crippen molar-refractivity contribution < 1.29 is 29.6 Å². The number of methoxy groups -OCH3 is 1. The molecule has 4 rings (SSSR count). The van der Waals surface area contributed by atoms with Crippen LogP contribution in [0.5, 0.6) is 11.5 Å². The minimum absolute atomic E-state index is 0.0690. The summed E-state index contributed by atoms with van der Waals surface area (Å²) in [6.07, 6.45) is -0.504. The largest absolute Gasteiger partial charge is 0.493 e. The standard InChI is InChI=1S/C26H34ClN3O6/c1-15-9-28-24(8-20(15)27)29-10-18(11-29)36-23-7-17(5-6-22(23)35-4)19-12-30(25(34)21(33)13-31)14-26(19,3)16(2)32/h5-9,16,18-19,21,31-33H,10-14H2,1-4H3/t16?,19-,21?,26-/m0/s1. The van der Waals surface area contributed by atoms with Gasteiger partial charge in [-0.15, -0.1) is 0 Å². The topological polar surface area (TPSA) is 116 Å². The maximum absolute atomic E-state index is 12.6. The number of pyridine rings is 1. The summed E-state index contributed by atoms with van der Waals surface area (Å²) in [7, 11) is 1.58. The van der Waals surface area contributed by atoms with E-state index in [1.807, 2.05) is 38.1 Å². The van der Waals surface area contributed by atoms with Crippen LogP contribution in [0, 0.1) is 12.3 Å². The van der Waals surface area contributed by atoms with E-state index in [2.05, 4.69) is 9.88 Å². The Morgan fingerprint density at radius 3 is 2.58 bits per heavy atom. The number of ether oxygens (including phenoxy) is 2. The van der Waals surface area contributed by atoms with Gasteiger partial charge in [0.2, 0.25) is 0 Å². The van der Waals surface area contributed by atoms with E-state index in [-0.39, 0.29) is 18.6 Å². The van der Waals surface area contributed by atoms with Gasteiger partial charge >= 0.3 is 0 Å². The highest BCUT2D eigenvalue weighted by atomic mass is 35.5. The lowest BCUT2D eigenvalue weighted by molar-refractivity contribution is -0.141. The van der Waals surface area contributed by atoms with Gasteiger partial charge in [0.1, 0.15) is 11.9 Å². The van der Waals surface area contributed by atoms with Crippen molar-refractivity contribution in [1.29, 1.82) is 0 Å². The van der Waals surface area contributed by atoms with E-state index in [0.29, 0.717) is 36.2 Å². The van der Waals surface area contributed by atoms with Gasteiger partial charge in [-0.05, 0) is 43.2 Å². The Bertz CT molecular complexity index is 1110. The number of aliphatic hydroxyl groups is 3. The Hall–Kier alpha value is -2.59. The van der Waals surface area contributed by atoms with Gasteiger partial charge in [-0.3, -0.25) is 4.79 Å². The molecule has 1 aromatic carbocycles. The van der Waals surface area contributed by atoms with Crippen LogP contribution in [0.25, 0.3) is 0 Å². The second kappa shape index (κ2) is 10.4. The molecule has 2 unspecified atom stereocenters. The molecule has 196 valence electrons. The number of rotatable bonds is 8. The molecule has 0 bridgehead atoms. The van der Waals surface area contributed by atoms with Crippen molar-refractivity contribution in [2.75, 3.05) is 44.8 Å². The fourth-order valence-electron chi connectivity index (χ4n) is 4.92. The average molecular weight is 520 g/mol. The maximum atomic E-state index is 12.6. The van der Waals surface area contributed by atoms with Crippen LogP contribution in [0.1, 0.15) is 30.9 Å². The summed E-state index contributed by atoms with van der Waals surface area (Å²) in [5, 5.41) is 30.4. The molecule has 0 radical (unpaired) electrons. The first-order valence-corrected chi connectivity index (χ1v) is 12.4. The third-order valence-electron chi connectivity index (χ3n) is 7.53. The van der Waals surface area contributed by atoms with Crippen molar-refractivity contribution in [1.82, 2.24) is 9.88 Å². The molecule has 2 aromatic rings. The molecule has 1 aromatic heterocycles. The fourth-order valence-corrected chi connectivity index (χ4v) is 5.07. The number of aryl methyl sites for hydroxylation is 1. The number of aromatic nitrogens is 1. The third-order valence-corrected chi connectivity index (χ3v) is 7.94. The summed E-state index contributed by atoms with van der Waals surface area (Å²) in [5.74, 6) is 1.23. The second-order valence-electron chi connectivity index (χ2n) is 10.00. The van der Waals surface area contributed by atoms with Crippen molar-refractivity contribution >= 4 is 23.3 Å². The quantitative estimate of drug-likeness (QED) is 0.485. The molecule has 9 nitrogen and oxygen atoms in total. The zero-order chi connectivity index (χ0) is 26.2. The number of aliphatic hydroxyl groups excluding tert-OH is 3. The van der Waals surface area contributed by atoms with E-state index in [0.717, 1.165) is 16.9 Å². The smallest absolute Gasteiger partial charge is 0.253 e. The Labute approximate surface area is 216 Å². The molecule has 10 heteroatoms. The van der Waals surface area contributed by atoms with Gasteiger partial charge < -0.3 is 34.6 Å².